The molecule has 96 valence electrons. The average Bonchev–Trinajstić information content (AvgIpc) is 2.83. The first-order valence-electron chi connectivity index (χ1n) is 5.84. The molecule has 0 spiro atoms. The maximum absolute atomic E-state index is 11.4. The molecule has 1 fully saturated rings. The number of nitrogens with zero attached hydrogens (tertiary/aromatic N) is 3. The second-order valence-electron chi connectivity index (χ2n) is 4.73. The predicted octanol–water partition coefficient (Wildman–Crippen LogP) is 0.289. The summed E-state index contributed by atoms with van der Waals surface area (Å²) in [6, 6.07) is 3.58. The lowest BCUT2D eigenvalue weighted by Crippen LogP contribution is -2.08. The van der Waals surface area contributed by atoms with Crippen molar-refractivity contribution >= 4 is 21.2 Å². The fourth-order valence-electron chi connectivity index (χ4n) is 2.35. The van der Waals surface area contributed by atoms with Gasteiger partial charge in [-0.1, -0.05) is 0 Å². The Balaban J connectivity index is 1.86. The van der Waals surface area contributed by atoms with Gasteiger partial charge in [-0.3, -0.25) is 0 Å². The minimum atomic E-state index is -2.84. The van der Waals surface area contributed by atoms with E-state index in [0.717, 1.165) is 0 Å². The van der Waals surface area contributed by atoms with Crippen LogP contribution >= 0.6 is 0 Å². The first-order valence-corrected chi connectivity index (χ1v) is 7.66. The first-order chi connectivity index (χ1) is 8.53. The number of nitrogen functional groups attached to an aromatic ring is 1. The number of hydrogen-bond donors (Lipinski definition) is 1. The molecule has 3 heterocycles. The van der Waals surface area contributed by atoms with Gasteiger partial charge in [-0.15, -0.1) is 0 Å². The summed E-state index contributed by atoms with van der Waals surface area (Å²) in [7, 11) is -2.84. The third-order valence-electron chi connectivity index (χ3n) is 3.23. The van der Waals surface area contributed by atoms with Crippen LogP contribution in [0.3, 0.4) is 0 Å². The van der Waals surface area contributed by atoms with Crippen LogP contribution in [0.4, 0.5) is 5.69 Å². The number of fused-ring (bicyclic) bond motifs is 1. The Labute approximate surface area is 105 Å². The van der Waals surface area contributed by atoms with Crippen LogP contribution in [0, 0.1) is 5.92 Å². The first kappa shape index (κ1) is 11.5. The Morgan fingerprint density at radius 2 is 2.33 bits per heavy atom. The van der Waals surface area contributed by atoms with Crippen LogP contribution in [0.25, 0.3) is 5.65 Å². The van der Waals surface area contributed by atoms with Crippen molar-refractivity contribution in [1.82, 2.24) is 14.6 Å². The van der Waals surface area contributed by atoms with Gasteiger partial charge in [-0.25, -0.2) is 17.9 Å². The van der Waals surface area contributed by atoms with Crippen molar-refractivity contribution in [1.29, 1.82) is 0 Å². The number of sulfone groups is 1. The van der Waals surface area contributed by atoms with Crippen LogP contribution in [0.2, 0.25) is 0 Å². The zero-order chi connectivity index (χ0) is 12.8. The molecule has 2 aromatic rings. The summed E-state index contributed by atoms with van der Waals surface area (Å²) in [5.74, 6) is 1.33. The van der Waals surface area contributed by atoms with Gasteiger partial charge in [0.25, 0.3) is 0 Å². The molecule has 0 aliphatic carbocycles. The minimum absolute atomic E-state index is 0.133. The highest BCUT2D eigenvalue weighted by molar-refractivity contribution is 7.91. The smallest absolute Gasteiger partial charge is 0.178 e. The quantitative estimate of drug-likeness (QED) is 0.843. The normalized spacial score (nSPS) is 22.6. The molecule has 1 unspecified atom stereocenters. The molecule has 2 N–H and O–H groups in total. The van der Waals surface area contributed by atoms with Crippen LogP contribution in [0.15, 0.2) is 18.3 Å². The Bertz CT molecular complexity index is 692. The van der Waals surface area contributed by atoms with Gasteiger partial charge in [0.2, 0.25) is 0 Å². The third-order valence-corrected chi connectivity index (χ3v) is 5.07. The van der Waals surface area contributed by atoms with E-state index in [1.807, 2.05) is 0 Å². The molecule has 0 aromatic carbocycles. The number of rotatable bonds is 2. The predicted molar refractivity (Wildman–Crippen MR) is 67.9 cm³/mol. The van der Waals surface area contributed by atoms with Crippen molar-refractivity contribution in [3.05, 3.63) is 24.2 Å². The summed E-state index contributed by atoms with van der Waals surface area (Å²) in [5.41, 5.74) is 7.01. The molecule has 0 saturated carbocycles. The lowest BCUT2D eigenvalue weighted by atomic mass is 10.1. The number of hydrogen-bond acceptors (Lipinski definition) is 5. The van der Waals surface area contributed by atoms with E-state index in [2.05, 4.69) is 10.1 Å². The molecular weight excluding hydrogens is 252 g/mol. The minimum Gasteiger partial charge on any atom is -0.396 e. The molecule has 0 bridgehead atoms. The molecule has 3 rings (SSSR count). The molecule has 0 radical (unpaired) electrons. The van der Waals surface area contributed by atoms with E-state index in [4.69, 9.17) is 5.73 Å². The molecule has 7 heteroatoms. The van der Waals surface area contributed by atoms with Gasteiger partial charge in [0, 0.05) is 12.6 Å². The van der Waals surface area contributed by atoms with Crippen molar-refractivity contribution in [2.75, 3.05) is 17.2 Å². The molecule has 0 amide bonds. The number of pyridine rings is 1. The van der Waals surface area contributed by atoms with Crippen molar-refractivity contribution in [3.63, 3.8) is 0 Å². The Morgan fingerprint density at radius 1 is 1.50 bits per heavy atom. The van der Waals surface area contributed by atoms with E-state index in [9.17, 15) is 8.42 Å². The van der Waals surface area contributed by atoms with Gasteiger partial charge >= 0.3 is 0 Å². The Kier molecular flexibility index (Phi) is 2.51. The van der Waals surface area contributed by atoms with E-state index in [1.54, 1.807) is 22.8 Å². The highest BCUT2D eigenvalue weighted by Crippen LogP contribution is 2.22. The van der Waals surface area contributed by atoms with E-state index in [-0.39, 0.29) is 17.4 Å². The summed E-state index contributed by atoms with van der Waals surface area (Å²) in [4.78, 5) is 4.36. The van der Waals surface area contributed by atoms with Crippen molar-refractivity contribution in [3.8, 4) is 0 Å². The standard InChI is InChI=1S/C11H14N4O2S/c12-9-2-1-4-15-11(9)13-10(14-15)6-8-3-5-18(16,17)7-8/h1-2,4,8H,3,5-7,12H2. The van der Waals surface area contributed by atoms with Crippen LogP contribution in [0.5, 0.6) is 0 Å². The topological polar surface area (TPSA) is 90.4 Å². The van der Waals surface area contributed by atoms with Gasteiger partial charge in [0.1, 0.15) is 0 Å². The van der Waals surface area contributed by atoms with Gasteiger partial charge in [-0.2, -0.15) is 5.10 Å². The van der Waals surface area contributed by atoms with Crippen molar-refractivity contribution in [2.45, 2.75) is 12.8 Å². The van der Waals surface area contributed by atoms with Crippen LogP contribution in [-0.2, 0) is 16.3 Å². The van der Waals surface area contributed by atoms with Gasteiger partial charge < -0.3 is 5.73 Å². The lowest BCUT2D eigenvalue weighted by Gasteiger charge is -2.01. The number of aromatic nitrogens is 3. The zero-order valence-corrected chi connectivity index (χ0v) is 10.6. The zero-order valence-electron chi connectivity index (χ0n) is 9.78. The fourth-order valence-corrected chi connectivity index (χ4v) is 4.21. The maximum Gasteiger partial charge on any atom is 0.178 e. The van der Waals surface area contributed by atoms with Gasteiger partial charge in [-0.05, 0) is 24.5 Å². The highest BCUT2D eigenvalue weighted by Gasteiger charge is 2.28. The van der Waals surface area contributed by atoms with Crippen molar-refractivity contribution in [2.24, 2.45) is 5.92 Å². The van der Waals surface area contributed by atoms with E-state index in [0.29, 0.717) is 30.0 Å². The third kappa shape index (κ3) is 2.05. The summed E-state index contributed by atoms with van der Waals surface area (Å²) >= 11 is 0. The van der Waals surface area contributed by atoms with Crippen LogP contribution in [-0.4, -0.2) is 34.5 Å². The van der Waals surface area contributed by atoms with E-state index in [1.165, 1.54) is 0 Å². The molecule has 1 aliphatic rings. The lowest BCUT2D eigenvalue weighted by molar-refractivity contribution is 0.569. The summed E-state index contributed by atoms with van der Waals surface area (Å²) in [5, 5.41) is 4.32. The molecule has 1 aliphatic heterocycles. The monoisotopic (exact) mass is 266 g/mol. The molecule has 18 heavy (non-hydrogen) atoms. The second-order valence-corrected chi connectivity index (χ2v) is 6.96. The summed E-state index contributed by atoms with van der Waals surface area (Å²) in [6.45, 7) is 0. The van der Waals surface area contributed by atoms with Crippen molar-refractivity contribution < 1.29 is 8.42 Å². The Morgan fingerprint density at radius 3 is 3.00 bits per heavy atom. The van der Waals surface area contributed by atoms with E-state index >= 15 is 0 Å². The molecular formula is C11H14N4O2S. The highest BCUT2D eigenvalue weighted by atomic mass is 32.2. The van der Waals surface area contributed by atoms with Crippen LogP contribution < -0.4 is 5.73 Å². The van der Waals surface area contributed by atoms with E-state index < -0.39 is 9.84 Å². The summed E-state index contributed by atoms with van der Waals surface area (Å²) in [6.07, 6.45) is 3.08. The van der Waals surface area contributed by atoms with Gasteiger partial charge in [0.15, 0.2) is 21.3 Å². The molecule has 1 saturated heterocycles. The second kappa shape index (κ2) is 3.94. The van der Waals surface area contributed by atoms with Gasteiger partial charge in [0.05, 0.1) is 17.2 Å². The molecule has 6 nitrogen and oxygen atoms in total. The molecule has 2 aromatic heterocycles. The maximum atomic E-state index is 11.4. The fraction of sp³-hybridized carbons (Fsp3) is 0.455. The largest absolute Gasteiger partial charge is 0.396 e. The average molecular weight is 266 g/mol. The Hall–Kier alpha value is -1.63. The SMILES string of the molecule is Nc1cccn2nc(CC3CCS(=O)(=O)C3)nc12. The number of nitrogens with two attached hydrogens (primary N) is 1. The number of anilines is 1. The summed E-state index contributed by atoms with van der Waals surface area (Å²) < 4.78 is 24.4. The molecule has 1 atom stereocenters. The van der Waals surface area contributed by atoms with Crippen LogP contribution in [0.1, 0.15) is 12.2 Å².